The first-order valence-corrected chi connectivity index (χ1v) is 4.48. The third kappa shape index (κ3) is 1.48. The Morgan fingerprint density at radius 1 is 1.50 bits per heavy atom. The van der Waals surface area contributed by atoms with Crippen LogP contribution in [0.5, 0.6) is 5.75 Å². The fourth-order valence-corrected chi connectivity index (χ4v) is 1.40. The predicted octanol–water partition coefficient (Wildman–Crippen LogP) is 1.96. The molecule has 2 rings (SSSR count). The zero-order valence-electron chi connectivity index (χ0n) is 7.69. The van der Waals surface area contributed by atoms with Crippen molar-refractivity contribution in [2.24, 2.45) is 0 Å². The molecular formula is C11H11NO2. The van der Waals surface area contributed by atoms with Crippen molar-refractivity contribution in [3.05, 3.63) is 36.9 Å². The van der Waals surface area contributed by atoms with Crippen molar-refractivity contribution in [1.82, 2.24) is 0 Å². The number of para-hydroxylation sites is 2. The number of fused-ring (bicyclic) bond motifs is 1. The normalized spacial score (nSPS) is 19.1. The molecule has 0 radical (unpaired) electrons. The number of rotatable bonds is 2. The van der Waals surface area contributed by atoms with Crippen LogP contribution in [0.4, 0.5) is 5.69 Å². The van der Waals surface area contributed by atoms with E-state index in [1.165, 1.54) is 0 Å². The maximum Gasteiger partial charge on any atom is 0.265 e. The van der Waals surface area contributed by atoms with Crippen molar-refractivity contribution in [3.8, 4) is 5.75 Å². The molecule has 1 heterocycles. The number of hydrogen-bond donors (Lipinski definition) is 1. The molecule has 72 valence electrons. The van der Waals surface area contributed by atoms with Gasteiger partial charge in [0, 0.05) is 6.42 Å². The van der Waals surface area contributed by atoms with Gasteiger partial charge in [-0.05, 0) is 12.1 Å². The fourth-order valence-electron chi connectivity index (χ4n) is 1.40. The first-order valence-electron chi connectivity index (χ1n) is 4.48. The molecular weight excluding hydrogens is 178 g/mol. The number of amides is 1. The Balaban J connectivity index is 2.26. The van der Waals surface area contributed by atoms with E-state index in [1.807, 2.05) is 24.3 Å². The van der Waals surface area contributed by atoms with Crippen LogP contribution in [0, 0.1) is 0 Å². The second kappa shape index (κ2) is 3.54. The number of carbonyl (C=O) groups is 1. The molecule has 0 bridgehead atoms. The lowest BCUT2D eigenvalue weighted by Crippen LogP contribution is -2.36. The van der Waals surface area contributed by atoms with Crippen LogP contribution in [-0.4, -0.2) is 12.0 Å². The van der Waals surface area contributed by atoms with Gasteiger partial charge in [0.05, 0.1) is 5.69 Å². The lowest BCUT2D eigenvalue weighted by molar-refractivity contribution is -0.123. The molecule has 14 heavy (non-hydrogen) atoms. The molecule has 1 aromatic carbocycles. The van der Waals surface area contributed by atoms with Gasteiger partial charge in [0.1, 0.15) is 5.75 Å². The highest BCUT2D eigenvalue weighted by Crippen LogP contribution is 2.29. The summed E-state index contributed by atoms with van der Waals surface area (Å²) >= 11 is 0. The Morgan fingerprint density at radius 3 is 3.07 bits per heavy atom. The van der Waals surface area contributed by atoms with E-state index in [0.717, 1.165) is 11.4 Å². The summed E-state index contributed by atoms with van der Waals surface area (Å²) < 4.78 is 5.50. The lowest BCUT2D eigenvalue weighted by atomic mass is 10.1. The van der Waals surface area contributed by atoms with Gasteiger partial charge >= 0.3 is 0 Å². The van der Waals surface area contributed by atoms with E-state index in [9.17, 15) is 4.79 Å². The van der Waals surface area contributed by atoms with Crippen LogP contribution in [0.15, 0.2) is 36.9 Å². The maximum absolute atomic E-state index is 11.5. The summed E-state index contributed by atoms with van der Waals surface area (Å²) in [5.74, 6) is 0.613. The minimum atomic E-state index is -0.442. The highest BCUT2D eigenvalue weighted by atomic mass is 16.5. The number of carbonyl (C=O) groups excluding carboxylic acids is 1. The van der Waals surface area contributed by atoms with Crippen molar-refractivity contribution in [1.29, 1.82) is 0 Å². The zero-order chi connectivity index (χ0) is 9.97. The molecule has 0 aromatic heterocycles. The number of anilines is 1. The average molecular weight is 189 g/mol. The van der Waals surface area contributed by atoms with Gasteiger partial charge < -0.3 is 10.1 Å². The summed E-state index contributed by atoms with van der Waals surface area (Å²) in [5, 5.41) is 2.78. The summed E-state index contributed by atoms with van der Waals surface area (Å²) in [4.78, 5) is 11.5. The minimum absolute atomic E-state index is 0.108. The first kappa shape index (κ1) is 8.81. The van der Waals surface area contributed by atoms with Crippen LogP contribution in [-0.2, 0) is 4.79 Å². The van der Waals surface area contributed by atoms with E-state index < -0.39 is 6.10 Å². The third-order valence-electron chi connectivity index (χ3n) is 2.09. The van der Waals surface area contributed by atoms with Crippen molar-refractivity contribution >= 4 is 11.6 Å². The lowest BCUT2D eigenvalue weighted by Gasteiger charge is -2.24. The van der Waals surface area contributed by atoms with Gasteiger partial charge in [-0.25, -0.2) is 0 Å². The van der Waals surface area contributed by atoms with E-state index in [0.29, 0.717) is 6.42 Å². The van der Waals surface area contributed by atoms with Crippen LogP contribution < -0.4 is 10.1 Å². The van der Waals surface area contributed by atoms with E-state index in [4.69, 9.17) is 4.74 Å². The van der Waals surface area contributed by atoms with Crippen molar-refractivity contribution < 1.29 is 9.53 Å². The number of hydrogen-bond acceptors (Lipinski definition) is 2. The standard InChI is InChI=1S/C11H11NO2/c1-2-5-10-11(13)12-8-6-3-4-7-9(8)14-10/h2-4,6-7,10H,1,5H2,(H,12,13). The topological polar surface area (TPSA) is 38.3 Å². The highest BCUT2D eigenvalue weighted by Gasteiger charge is 2.25. The van der Waals surface area contributed by atoms with E-state index in [1.54, 1.807) is 6.08 Å². The van der Waals surface area contributed by atoms with E-state index in [2.05, 4.69) is 11.9 Å². The molecule has 0 spiro atoms. The molecule has 1 N–H and O–H groups in total. The second-order valence-corrected chi connectivity index (χ2v) is 3.12. The summed E-state index contributed by atoms with van der Waals surface area (Å²) in [6.45, 7) is 3.59. The fraction of sp³-hybridized carbons (Fsp3) is 0.182. The Hall–Kier alpha value is -1.77. The molecule has 0 aliphatic carbocycles. The van der Waals surface area contributed by atoms with Gasteiger partial charge in [0.25, 0.3) is 5.91 Å². The predicted molar refractivity (Wildman–Crippen MR) is 54.3 cm³/mol. The summed E-state index contributed by atoms with van der Waals surface area (Å²) in [6.07, 6.45) is 1.76. The second-order valence-electron chi connectivity index (χ2n) is 3.12. The third-order valence-corrected chi connectivity index (χ3v) is 2.09. The summed E-state index contributed by atoms with van der Waals surface area (Å²) in [5.41, 5.74) is 0.734. The molecule has 1 aliphatic rings. The molecule has 3 heteroatoms. The van der Waals surface area contributed by atoms with Crippen LogP contribution in [0.3, 0.4) is 0 Å². The Morgan fingerprint density at radius 2 is 2.29 bits per heavy atom. The molecule has 1 atom stereocenters. The minimum Gasteiger partial charge on any atom is -0.478 e. The Labute approximate surface area is 82.4 Å². The first-order chi connectivity index (χ1) is 6.81. The van der Waals surface area contributed by atoms with Crippen LogP contribution in [0.25, 0.3) is 0 Å². The van der Waals surface area contributed by atoms with E-state index >= 15 is 0 Å². The van der Waals surface area contributed by atoms with Gasteiger partial charge in [-0.3, -0.25) is 4.79 Å². The van der Waals surface area contributed by atoms with Crippen LogP contribution >= 0.6 is 0 Å². The molecule has 0 saturated heterocycles. The molecule has 0 saturated carbocycles. The molecule has 0 fully saturated rings. The van der Waals surface area contributed by atoms with Gasteiger partial charge in [0.15, 0.2) is 6.10 Å². The summed E-state index contributed by atoms with van der Waals surface area (Å²) in [7, 11) is 0. The molecule has 1 aromatic rings. The van der Waals surface area contributed by atoms with Crippen molar-refractivity contribution in [2.75, 3.05) is 5.32 Å². The molecule has 1 unspecified atom stereocenters. The number of benzene rings is 1. The van der Waals surface area contributed by atoms with Crippen molar-refractivity contribution in [2.45, 2.75) is 12.5 Å². The molecule has 1 amide bonds. The SMILES string of the molecule is C=CCC1Oc2ccccc2NC1=O. The zero-order valence-corrected chi connectivity index (χ0v) is 7.69. The smallest absolute Gasteiger partial charge is 0.265 e. The number of ether oxygens (including phenoxy) is 1. The summed E-state index contributed by atoms with van der Waals surface area (Å²) in [6, 6.07) is 7.39. The van der Waals surface area contributed by atoms with Crippen LogP contribution in [0.1, 0.15) is 6.42 Å². The van der Waals surface area contributed by atoms with Crippen molar-refractivity contribution in [3.63, 3.8) is 0 Å². The Bertz CT molecular complexity index is 373. The molecule has 1 aliphatic heterocycles. The Kier molecular flexibility index (Phi) is 2.23. The van der Waals surface area contributed by atoms with Crippen LogP contribution in [0.2, 0.25) is 0 Å². The quantitative estimate of drug-likeness (QED) is 0.722. The molecule has 3 nitrogen and oxygen atoms in total. The number of nitrogens with one attached hydrogen (secondary N) is 1. The van der Waals surface area contributed by atoms with Gasteiger partial charge in [-0.2, -0.15) is 0 Å². The maximum atomic E-state index is 11.5. The van der Waals surface area contributed by atoms with Gasteiger partial charge in [-0.15, -0.1) is 6.58 Å². The average Bonchev–Trinajstić information content (AvgIpc) is 2.19. The van der Waals surface area contributed by atoms with Gasteiger partial charge in [-0.1, -0.05) is 18.2 Å². The largest absolute Gasteiger partial charge is 0.478 e. The monoisotopic (exact) mass is 189 g/mol. The van der Waals surface area contributed by atoms with E-state index in [-0.39, 0.29) is 5.91 Å². The highest BCUT2D eigenvalue weighted by molar-refractivity contribution is 5.97. The van der Waals surface area contributed by atoms with Gasteiger partial charge in [0.2, 0.25) is 0 Å².